The smallest absolute Gasteiger partial charge is 0.262 e. The van der Waals surface area contributed by atoms with Crippen molar-refractivity contribution in [3.8, 4) is 11.4 Å². The maximum Gasteiger partial charge on any atom is 0.262 e. The Morgan fingerprint density at radius 1 is 1.03 bits per heavy atom. The van der Waals surface area contributed by atoms with E-state index < -0.39 is 10.0 Å². The summed E-state index contributed by atoms with van der Waals surface area (Å²) in [5, 5.41) is 9.23. The van der Waals surface area contributed by atoms with Gasteiger partial charge < -0.3 is 10.1 Å². The zero-order valence-electron chi connectivity index (χ0n) is 17.1. The van der Waals surface area contributed by atoms with Crippen LogP contribution in [0.3, 0.4) is 0 Å². The van der Waals surface area contributed by atoms with E-state index in [1.165, 1.54) is 0 Å². The number of nitrogens with zero attached hydrogens (tertiary/aromatic N) is 2. The molecule has 0 aliphatic carbocycles. The van der Waals surface area contributed by atoms with Crippen LogP contribution >= 0.6 is 0 Å². The van der Waals surface area contributed by atoms with Crippen molar-refractivity contribution in [1.82, 2.24) is 15.0 Å². The Morgan fingerprint density at radius 2 is 1.72 bits per heavy atom. The zero-order valence-corrected chi connectivity index (χ0v) is 18.0. The van der Waals surface area contributed by atoms with Crippen LogP contribution in [-0.2, 0) is 14.8 Å². The summed E-state index contributed by atoms with van der Waals surface area (Å²) in [7, 11) is -3.69. The van der Waals surface area contributed by atoms with E-state index in [1.54, 1.807) is 71.7 Å². The molecule has 0 saturated carbocycles. The van der Waals surface area contributed by atoms with Gasteiger partial charge in [-0.15, -0.1) is 5.10 Å². The topological polar surface area (TPSA) is 118 Å². The first-order chi connectivity index (χ1) is 15.4. The largest absolute Gasteiger partial charge is 0.484 e. The number of aryl methyl sites for hydroxylation is 1. The summed E-state index contributed by atoms with van der Waals surface area (Å²) in [6.45, 7) is 1.71. The van der Waals surface area contributed by atoms with Gasteiger partial charge in [-0.2, -0.15) is 0 Å². The molecule has 4 rings (SSSR count). The molecular weight excluding hydrogens is 430 g/mol. The first-order valence-electron chi connectivity index (χ1n) is 9.69. The van der Waals surface area contributed by atoms with Crippen molar-refractivity contribution in [3.05, 3.63) is 84.7 Å². The van der Waals surface area contributed by atoms with Gasteiger partial charge in [0.25, 0.3) is 15.9 Å². The quantitative estimate of drug-likeness (QED) is 0.380. The van der Waals surface area contributed by atoms with E-state index >= 15 is 0 Å². The Bertz CT molecular complexity index is 1300. The van der Waals surface area contributed by atoms with Gasteiger partial charge in [0.2, 0.25) is 0 Å². The van der Waals surface area contributed by atoms with Crippen LogP contribution in [0.4, 0.5) is 11.4 Å². The van der Waals surface area contributed by atoms with Crippen molar-refractivity contribution in [2.75, 3.05) is 16.6 Å². The molecule has 1 amide bonds. The summed E-state index contributed by atoms with van der Waals surface area (Å²) in [5.41, 5.74) is 2.72. The molecule has 164 valence electrons. The molecule has 0 atom stereocenters. The normalized spacial score (nSPS) is 11.2. The van der Waals surface area contributed by atoms with Gasteiger partial charge in [0.05, 0.1) is 10.6 Å². The fourth-order valence-electron chi connectivity index (χ4n) is 2.86. The minimum atomic E-state index is -3.69. The van der Waals surface area contributed by atoms with E-state index in [0.29, 0.717) is 17.1 Å². The number of ether oxygens (including phenoxy) is 1. The third-order valence-corrected chi connectivity index (χ3v) is 5.95. The van der Waals surface area contributed by atoms with Crippen molar-refractivity contribution in [2.24, 2.45) is 0 Å². The van der Waals surface area contributed by atoms with Crippen LogP contribution in [0.2, 0.25) is 0 Å². The number of rotatable bonds is 8. The molecule has 1 heterocycles. The number of sulfonamides is 1. The molecule has 0 radical (unpaired) electrons. The highest BCUT2D eigenvalue weighted by molar-refractivity contribution is 7.92. The van der Waals surface area contributed by atoms with Gasteiger partial charge in [-0.3, -0.25) is 9.52 Å². The maximum absolute atomic E-state index is 12.5. The Hall–Kier alpha value is -4.05. The molecule has 0 aliphatic heterocycles. The van der Waals surface area contributed by atoms with Gasteiger partial charge in [-0.1, -0.05) is 23.8 Å². The lowest BCUT2D eigenvalue weighted by atomic mass is 10.2. The summed E-state index contributed by atoms with van der Waals surface area (Å²) < 4.78 is 34.7. The van der Waals surface area contributed by atoms with Gasteiger partial charge in [-0.25, -0.2) is 18.3 Å². The lowest BCUT2D eigenvalue weighted by molar-refractivity contribution is -0.118. The molecule has 0 bridgehead atoms. The van der Waals surface area contributed by atoms with Crippen LogP contribution in [0, 0.1) is 6.92 Å². The van der Waals surface area contributed by atoms with Crippen molar-refractivity contribution in [1.29, 1.82) is 0 Å². The zero-order chi connectivity index (χ0) is 22.6. The predicted molar refractivity (Wildman–Crippen MR) is 120 cm³/mol. The Balaban J connectivity index is 1.32. The summed E-state index contributed by atoms with van der Waals surface area (Å²) in [5.74, 6) is 0.202. The van der Waals surface area contributed by atoms with E-state index in [-0.39, 0.29) is 17.4 Å². The highest BCUT2D eigenvalue weighted by Crippen LogP contribution is 2.19. The molecule has 0 saturated heterocycles. The van der Waals surface area contributed by atoms with E-state index in [0.717, 1.165) is 11.3 Å². The molecule has 1 aromatic heterocycles. The van der Waals surface area contributed by atoms with Crippen LogP contribution in [0.15, 0.2) is 84.0 Å². The minimum absolute atomic E-state index is 0.174. The molecule has 9 nitrogen and oxygen atoms in total. The number of carbonyl (C=O) groups is 1. The number of nitrogens with one attached hydrogen (secondary N) is 3. The Labute approximate surface area is 185 Å². The number of benzene rings is 3. The standard InChI is InChI=1S/C22H21N5O4S/c1-16-5-11-21(12-6-16)32(29,30)25-18-9-7-17(8-10-18)24-22(28)14-31-20-4-2-3-19(13-20)27-15-23-26-27/h2-13,15,25-26H,14H2,1H3,(H,24,28). The van der Waals surface area contributed by atoms with Crippen LogP contribution in [0.5, 0.6) is 5.75 Å². The molecule has 4 aromatic rings. The van der Waals surface area contributed by atoms with E-state index in [9.17, 15) is 13.2 Å². The molecule has 3 N–H and O–H groups in total. The molecule has 32 heavy (non-hydrogen) atoms. The minimum Gasteiger partial charge on any atom is -0.484 e. The molecule has 0 spiro atoms. The lowest BCUT2D eigenvalue weighted by Crippen LogP contribution is -2.20. The molecule has 0 fully saturated rings. The number of anilines is 2. The highest BCUT2D eigenvalue weighted by Gasteiger charge is 2.14. The molecule has 0 aliphatic rings. The van der Waals surface area contributed by atoms with E-state index in [2.05, 4.69) is 20.4 Å². The maximum atomic E-state index is 12.5. The highest BCUT2D eigenvalue weighted by atomic mass is 32.2. The van der Waals surface area contributed by atoms with Gasteiger partial charge in [-0.05, 0) is 55.5 Å². The number of aromatic amines is 1. The Kier molecular flexibility index (Phi) is 5.95. The summed E-state index contributed by atoms with van der Waals surface area (Å²) >= 11 is 0. The third kappa shape index (κ3) is 5.16. The number of carbonyl (C=O) groups excluding carboxylic acids is 1. The Morgan fingerprint density at radius 3 is 2.38 bits per heavy atom. The molecular formula is C22H21N5O4S. The molecule has 0 unspecified atom stereocenters. The van der Waals surface area contributed by atoms with Gasteiger partial charge >= 0.3 is 0 Å². The average molecular weight is 452 g/mol. The fraction of sp³-hybridized carbons (Fsp3) is 0.0909. The number of aromatic nitrogens is 3. The summed E-state index contributed by atoms with van der Waals surface area (Å²) in [6.07, 6.45) is 1.62. The average Bonchev–Trinajstić information content (AvgIpc) is 2.73. The SMILES string of the molecule is Cc1ccc(S(=O)(=O)Nc2ccc(NC(=O)COc3cccc(-n4cn[nH]4)c3)cc2)cc1. The number of amides is 1. The van der Waals surface area contributed by atoms with E-state index in [4.69, 9.17) is 4.74 Å². The van der Waals surface area contributed by atoms with Gasteiger partial charge in [0, 0.05) is 17.4 Å². The first-order valence-corrected chi connectivity index (χ1v) is 11.2. The predicted octanol–water partition coefficient (Wildman–Crippen LogP) is 3.33. The lowest BCUT2D eigenvalue weighted by Gasteiger charge is -2.11. The molecule has 3 aromatic carbocycles. The number of H-pyrrole nitrogens is 1. The second-order valence-electron chi connectivity index (χ2n) is 7.04. The second kappa shape index (κ2) is 8.98. The van der Waals surface area contributed by atoms with Crippen molar-refractivity contribution in [2.45, 2.75) is 11.8 Å². The third-order valence-electron chi connectivity index (χ3n) is 4.56. The van der Waals surface area contributed by atoms with Gasteiger partial charge in [0.1, 0.15) is 12.1 Å². The van der Waals surface area contributed by atoms with Crippen LogP contribution in [0.1, 0.15) is 5.56 Å². The fourth-order valence-corrected chi connectivity index (χ4v) is 3.92. The monoisotopic (exact) mass is 451 g/mol. The molecule has 10 heteroatoms. The first kappa shape index (κ1) is 21.2. The van der Waals surface area contributed by atoms with Gasteiger partial charge in [0.15, 0.2) is 6.61 Å². The van der Waals surface area contributed by atoms with Crippen molar-refractivity contribution < 1.29 is 17.9 Å². The number of hydrogen-bond acceptors (Lipinski definition) is 5. The van der Waals surface area contributed by atoms with Crippen LogP contribution in [0.25, 0.3) is 5.69 Å². The van der Waals surface area contributed by atoms with E-state index in [1.807, 2.05) is 19.1 Å². The van der Waals surface area contributed by atoms with Crippen molar-refractivity contribution >= 4 is 27.3 Å². The van der Waals surface area contributed by atoms with Crippen LogP contribution in [-0.4, -0.2) is 35.9 Å². The number of hydrogen-bond donors (Lipinski definition) is 3. The van der Waals surface area contributed by atoms with Crippen LogP contribution < -0.4 is 14.8 Å². The summed E-state index contributed by atoms with van der Waals surface area (Å²) in [6, 6.07) is 20.2. The van der Waals surface area contributed by atoms with Crippen molar-refractivity contribution in [3.63, 3.8) is 0 Å². The second-order valence-corrected chi connectivity index (χ2v) is 8.73. The summed E-state index contributed by atoms with van der Waals surface area (Å²) in [4.78, 5) is 12.4.